The average Bonchev–Trinajstić information content (AvgIpc) is 3.06. The van der Waals surface area contributed by atoms with Crippen molar-refractivity contribution in [3.8, 4) is 0 Å². The fraction of sp³-hybridized carbons (Fsp3) is 0.562. The quantitative estimate of drug-likeness (QED) is 0.779. The number of rotatable bonds is 4. The number of allylic oxidation sites excluding steroid dienone is 3. The molecule has 1 aliphatic carbocycles. The SMILES string of the molecule is CC(=O)N(CCC1SC2=C(C=CCC2=O)N1C)N1CCCC1=O. The van der Waals surface area contributed by atoms with E-state index in [1.165, 1.54) is 6.92 Å². The lowest BCUT2D eigenvalue weighted by molar-refractivity contribution is -0.158. The molecule has 1 atom stereocenters. The van der Waals surface area contributed by atoms with Crippen molar-refractivity contribution in [2.45, 2.75) is 38.0 Å². The summed E-state index contributed by atoms with van der Waals surface area (Å²) >= 11 is 1.57. The van der Waals surface area contributed by atoms with Gasteiger partial charge in [0.05, 0.1) is 16.0 Å². The normalized spacial score (nSPS) is 23.8. The van der Waals surface area contributed by atoms with Crippen molar-refractivity contribution in [3.05, 3.63) is 22.8 Å². The maximum Gasteiger partial charge on any atom is 0.241 e. The van der Waals surface area contributed by atoms with Crippen LogP contribution in [0.3, 0.4) is 0 Å². The lowest BCUT2D eigenvalue weighted by Crippen LogP contribution is -2.47. The third-order valence-corrected chi connectivity index (χ3v) is 5.92. The van der Waals surface area contributed by atoms with Crippen LogP contribution in [-0.2, 0) is 14.4 Å². The van der Waals surface area contributed by atoms with Gasteiger partial charge in [0.2, 0.25) is 11.8 Å². The van der Waals surface area contributed by atoms with Crippen LogP contribution in [-0.4, -0.2) is 58.0 Å². The Labute approximate surface area is 140 Å². The molecule has 7 heteroatoms. The van der Waals surface area contributed by atoms with Crippen molar-refractivity contribution in [1.29, 1.82) is 0 Å². The molecule has 2 amide bonds. The second-order valence-corrected chi connectivity index (χ2v) is 7.17. The van der Waals surface area contributed by atoms with E-state index in [0.29, 0.717) is 32.4 Å². The van der Waals surface area contributed by atoms with Crippen molar-refractivity contribution in [3.63, 3.8) is 0 Å². The van der Waals surface area contributed by atoms with E-state index in [0.717, 1.165) is 17.0 Å². The largest absolute Gasteiger partial charge is 0.361 e. The van der Waals surface area contributed by atoms with Crippen molar-refractivity contribution in [2.24, 2.45) is 0 Å². The molecule has 0 saturated carbocycles. The Morgan fingerprint density at radius 2 is 2.22 bits per heavy atom. The van der Waals surface area contributed by atoms with Crippen LogP contribution in [0.25, 0.3) is 0 Å². The van der Waals surface area contributed by atoms with Gasteiger partial charge in [-0.25, -0.2) is 0 Å². The molecule has 1 fully saturated rings. The third kappa shape index (κ3) is 3.02. The summed E-state index contributed by atoms with van der Waals surface area (Å²) in [5.74, 6) is 0.0720. The Kier molecular flexibility index (Phi) is 4.48. The predicted octanol–water partition coefficient (Wildman–Crippen LogP) is 1.51. The minimum atomic E-state index is -0.111. The highest BCUT2D eigenvalue weighted by atomic mass is 32.2. The van der Waals surface area contributed by atoms with E-state index in [1.807, 2.05) is 19.2 Å². The van der Waals surface area contributed by atoms with Crippen LogP contribution in [0, 0.1) is 0 Å². The van der Waals surface area contributed by atoms with E-state index in [9.17, 15) is 14.4 Å². The van der Waals surface area contributed by atoms with Crippen LogP contribution in [0.5, 0.6) is 0 Å². The molecule has 1 unspecified atom stereocenters. The first-order chi connectivity index (χ1) is 11.0. The average molecular weight is 335 g/mol. The lowest BCUT2D eigenvalue weighted by atomic mass is 10.1. The maximum absolute atomic E-state index is 12.0. The molecule has 3 aliphatic rings. The Bertz CT molecular complexity index is 614. The number of thioether (sulfide) groups is 1. The van der Waals surface area contributed by atoms with Gasteiger partial charge in [-0.15, -0.1) is 0 Å². The van der Waals surface area contributed by atoms with Gasteiger partial charge >= 0.3 is 0 Å². The van der Waals surface area contributed by atoms with Gasteiger partial charge in [0, 0.05) is 39.9 Å². The summed E-state index contributed by atoms with van der Waals surface area (Å²) in [6.45, 7) is 2.59. The fourth-order valence-corrected chi connectivity index (χ4v) is 4.50. The molecule has 124 valence electrons. The molecular weight excluding hydrogens is 314 g/mol. The van der Waals surface area contributed by atoms with Crippen LogP contribution in [0.1, 0.15) is 32.6 Å². The molecule has 6 nitrogen and oxygen atoms in total. The zero-order valence-electron chi connectivity index (χ0n) is 13.4. The molecule has 0 aromatic carbocycles. The molecule has 3 rings (SSSR count). The van der Waals surface area contributed by atoms with Crippen molar-refractivity contribution in [1.82, 2.24) is 14.9 Å². The van der Waals surface area contributed by atoms with Gasteiger partial charge in [-0.3, -0.25) is 24.4 Å². The monoisotopic (exact) mass is 335 g/mol. The second kappa shape index (κ2) is 6.39. The van der Waals surface area contributed by atoms with Gasteiger partial charge in [0.15, 0.2) is 5.78 Å². The topological polar surface area (TPSA) is 60.9 Å². The molecular formula is C16H21N3O3S. The summed E-state index contributed by atoms with van der Waals surface area (Å²) in [6, 6.07) is 0. The summed E-state index contributed by atoms with van der Waals surface area (Å²) in [5, 5.41) is 3.24. The zero-order valence-corrected chi connectivity index (χ0v) is 14.3. The molecule has 23 heavy (non-hydrogen) atoms. The highest BCUT2D eigenvalue weighted by molar-refractivity contribution is 8.04. The molecule has 0 spiro atoms. The third-order valence-electron chi connectivity index (χ3n) is 4.42. The van der Waals surface area contributed by atoms with E-state index in [1.54, 1.807) is 21.8 Å². The van der Waals surface area contributed by atoms with Gasteiger partial charge in [0.1, 0.15) is 0 Å². The van der Waals surface area contributed by atoms with Gasteiger partial charge in [-0.05, 0) is 18.9 Å². The molecule has 0 radical (unpaired) electrons. The molecule has 2 aliphatic heterocycles. The number of nitrogens with zero attached hydrogens (tertiary/aromatic N) is 3. The van der Waals surface area contributed by atoms with Gasteiger partial charge in [-0.2, -0.15) is 0 Å². The first-order valence-corrected chi connectivity index (χ1v) is 8.79. The summed E-state index contributed by atoms with van der Waals surface area (Å²) in [4.78, 5) is 38.7. The Hall–Kier alpha value is -1.76. The fourth-order valence-electron chi connectivity index (χ4n) is 3.19. The summed E-state index contributed by atoms with van der Waals surface area (Å²) < 4.78 is 0. The summed E-state index contributed by atoms with van der Waals surface area (Å²) in [5.41, 5.74) is 0.975. The van der Waals surface area contributed by atoms with E-state index < -0.39 is 0 Å². The Morgan fingerprint density at radius 3 is 2.83 bits per heavy atom. The number of hydrazine groups is 1. The number of ketones is 1. The number of Topliss-reactive ketones (excluding diaryl/α,β-unsaturated/α-hetero) is 1. The number of carbonyl (C=O) groups is 3. The van der Waals surface area contributed by atoms with Crippen LogP contribution in [0.4, 0.5) is 0 Å². The summed E-state index contributed by atoms with van der Waals surface area (Å²) in [6.07, 6.45) is 6.38. The van der Waals surface area contributed by atoms with Crippen molar-refractivity contribution >= 4 is 29.4 Å². The van der Waals surface area contributed by atoms with Gasteiger partial charge < -0.3 is 4.90 Å². The smallest absolute Gasteiger partial charge is 0.241 e. The van der Waals surface area contributed by atoms with E-state index >= 15 is 0 Å². The minimum absolute atomic E-state index is 0.0168. The standard InChI is InChI=1S/C16H21N3O3S/c1-11(20)18(19-9-4-7-14(19)22)10-8-15-17(2)12-5-3-6-13(21)16(12)23-15/h3,5,15H,4,6-10H2,1-2H3. The van der Waals surface area contributed by atoms with E-state index in [2.05, 4.69) is 4.90 Å². The predicted molar refractivity (Wildman–Crippen MR) is 87.9 cm³/mol. The zero-order chi connectivity index (χ0) is 16.6. The summed E-state index contributed by atoms with van der Waals surface area (Å²) in [7, 11) is 1.97. The number of amides is 2. The first kappa shape index (κ1) is 16.1. The highest BCUT2D eigenvalue weighted by Crippen LogP contribution is 2.41. The van der Waals surface area contributed by atoms with Gasteiger partial charge in [0.25, 0.3) is 0 Å². The number of carbonyl (C=O) groups excluding carboxylic acids is 3. The van der Waals surface area contributed by atoms with Crippen molar-refractivity contribution in [2.75, 3.05) is 20.1 Å². The Morgan fingerprint density at radius 1 is 1.43 bits per heavy atom. The molecule has 0 aromatic heterocycles. The molecule has 2 heterocycles. The minimum Gasteiger partial charge on any atom is -0.361 e. The van der Waals surface area contributed by atoms with Crippen LogP contribution in [0.15, 0.2) is 22.8 Å². The van der Waals surface area contributed by atoms with Crippen LogP contribution >= 0.6 is 11.8 Å². The van der Waals surface area contributed by atoms with E-state index in [-0.39, 0.29) is 23.0 Å². The highest BCUT2D eigenvalue weighted by Gasteiger charge is 2.35. The number of hydrogen-bond donors (Lipinski definition) is 0. The van der Waals surface area contributed by atoms with Gasteiger partial charge in [-0.1, -0.05) is 17.8 Å². The second-order valence-electron chi connectivity index (χ2n) is 5.98. The molecule has 0 bridgehead atoms. The molecule has 0 aromatic rings. The van der Waals surface area contributed by atoms with Crippen molar-refractivity contribution < 1.29 is 14.4 Å². The van der Waals surface area contributed by atoms with E-state index in [4.69, 9.17) is 0 Å². The maximum atomic E-state index is 12.0. The van der Waals surface area contributed by atoms with Crippen LogP contribution < -0.4 is 0 Å². The van der Waals surface area contributed by atoms with Crippen LogP contribution in [0.2, 0.25) is 0 Å². The molecule has 1 saturated heterocycles. The number of likely N-dealkylation sites (N-methyl/N-ethyl adjacent to an activating group) is 1. The lowest BCUT2D eigenvalue weighted by Gasteiger charge is -2.32. The first-order valence-electron chi connectivity index (χ1n) is 7.91. The Balaban J connectivity index is 1.64. The molecule has 0 N–H and O–H groups in total. The number of hydrogen-bond acceptors (Lipinski definition) is 5.